The van der Waals surface area contributed by atoms with Crippen molar-refractivity contribution in [3.63, 3.8) is 0 Å². The summed E-state index contributed by atoms with van der Waals surface area (Å²) in [4.78, 5) is 0. The summed E-state index contributed by atoms with van der Waals surface area (Å²) in [5.41, 5.74) is 0. The number of aryl methyl sites for hydroxylation is 1. The maximum atomic E-state index is 5.34. The first-order valence-corrected chi connectivity index (χ1v) is 5.83. The highest BCUT2D eigenvalue weighted by molar-refractivity contribution is 4.94. The molecule has 0 aliphatic heterocycles. The van der Waals surface area contributed by atoms with Crippen molar-refractivity contribution in [1.82, 2.24) is 15.5 Å². The molecule has 0 radical (unpaired) electrons. The van der Waals surface area contributed by atoms with Crippen molar-refractivity contribution in [2.24, 2.45) is 11.8 Å². The third kappa shape index (κ3) is 1.78. The summed E-state index contributed by atoms with van der Waals surface area (Å²) >= 11 is 0. The molecular formula is C11H17N3O. The molecule has 4 nitrogen and oxygen atoms in total. The molecule has 1 heterocycles. The van der Waals surface area contributed by atoms with Gasteiger partial charge in [0, 0.05) is 13.0 Å². The lowest BCUT2D eigenvalue weighted by molar-refractivity contribution is 0.332. The summed E-state index contributed by atoms with van der Waals surface area (Å²) in [5.74, 6) is 3.26. The van der Waals surface area contributed by atoms with E-state index in [4.69, 9.17) is 4.42 Å². The molecule has 2 saturated carbocycles. The lowest BCUT2D eigenvalue weighted by atomic mass is 9.95. The summed E-state index contributed by atoms with van der Waals surface area (Å²) in [5, 5.41) is 11.4. The van der Waals surface area contributed by atoms with E-state index in [0.717, 1.165) is 24.3 Å². The third-order valence-corrected chi connectivity index (χ3v) is 3.82. The standard InChI is InChI=1S/C11H17N3O/c1-7-13-14-11(15-7)6-12-10-5-8-2-3-9(10)4-8/h8-10,12H,2-6H2,1H3. The number of aromatic nitrogens is 2. The van der Waals surface area contributed by atoms with Crippen LogP contribution in [0, 0.1) is 18.8 Å². The Morgan fingerprint density at radius 1 is 1.33 bits per heavy atom. The van der Waals surface area contributed by atoms with E-state index < -0.39 is 0 Å². The van der Waals surface area contributed by atoms with Crippen LogP contribution in [0.1, 0.15) is 37.5 Å². The number of hydrogen-bond donors (Lipinski definition) is 1. The predicted molar refractivity (Wildman–Crippen MR) is 55.1 cm³/mol. The molecular weight excluding hydrogens is 190 g/mol. The zero-order valence-electron chi connectivity index (χ0n) is 9.07. The minimum absolute atomic E-state index is 0.653. The Bertz CT molecular complexity index is 349. The molecule has 3 rings (SSSR count). The highest BCUT2D eigenvalue weighted by Gasteiger charge is 2.39. The Balaban J connectivity index is 1.54. The Kier molecular flexibility index (Phi) is 2.24. The average Bonchev–Trinajstić information content (AvgIpc) is 2.90. The Morgan fingerprint density at radius 2 is 2.27 bits per heavy atom. The fraction of sp³-hybridized carbons (Fsp3) is 0.818. The van der Waals surface area contributed by atoms with Crippen LogP contribution in [0.2, 0.25) is 0 Å². The summed E-state index contributed by atoms with van der Waals surface area (Å²) in [7, 11) is 0. The van der Waals surface area contributed by atoms with Gasteiger partial charge in [-0.15, -0.1) is 10.2 Å². The van der Waals surface area contributed by atoms with Crippen LogP contribution in [0.25, 0.3) is 0 Å². The molecule has 82 valence electrons. The highest BCUT2D eigenvalue weighted by Crippen LogP contribution is 2.44. The molecule has 2 aliphatic carbocycles. The van der Waals surface area contributed by atoms with Crippen LogP contribution < -0.4 is 5.32 Å². The predicted octanol–water partition coefficient (Wildman–Crippen LogP) is 1.66. The van der Waals surface area contributed by atoms with Crippen LogP contribution in [0.15, 0.2) is 4.42 Å². The van der Waals surface area contributed by atoms with Gasteiger partial charge in [-0.2, -0.15) is 0 Å². The van der Waals surface area contributed by atoms with Gasteiger partial charge >= 0.3 is 0 Å². The van der Waals surface area contributed by atoms with Crippen LogP contribution in [-0.4, -0.2) is 16.2 Å². The van der Waals surface area contributed by atoms with Gasteiger partial charge in [-0.1, -0.05) is 6.42 Å². The number of rotatable bonds is 3. The second-order valence-corrected chi connectivity index (χ2v) is 4.88. The second kappa shape index (κ2) is 3.59. The second-order valence-electron chi connectivity index (χ2n) is 4.88. The molecule has 0 saturated heterocycles. The number of nitrogens with one attached hydrogen (secondary N) is 1. The lowest BCUT2D eigenvalue weighted by Gasteiger charge is -2.21. The fourth-order valence-corrected chi connectivity index (χ4v) is 3.12. The fourth-order valence-electron chi connectivity index (χ4n) is 3.12. The highest BCUT2D eigenvalue weighted by atomic mass is 16.4. The number of fused-ring (bicyclic) bond motifs is 2. The van der Waals surface area contributed by atoms with Gasteiger partial charge in [0.2, 0.25) is 11.8 Å². The molecule has 2 fully saturated rings. The summed E-state index contributed by atoms with van der Waals surface area (Å²) in [6.45, 7) is 2.56. The summed E-state index contributed by atoms with van der Waals surface area (Å²) in [6.07, 6.45) is 5.63. The van der Waals surface area contributed by atoms with Gasteiger partial charge in [0.1, 0.15) is 0 Å². The molecule has 1 aromatic heterocycles. The van der Waals surface area contributed by atoms with Crippen molar-refractivity contribution in [2.45, 2.75) is 45.2 Å². The molecule has 2 bridgehead atoms. The van der Waals surface area contributed by atoms with E-state index in [-0.39, 0.29) is 0 Å². The topological polar surface area (TPSA) is 51.0 Å². The van der Waals surface area contributed by atoms with Gasteiger partial charge in [0.15, 0.2) is 0 Å². The minimum Gasteiger partial charge on any atom is -0.424 e. The molecule has 0 amide bonds. The lowest BCUT2D eigenvalue weighted by Crippen LogP contribution is -2.33. The van der Waals surface area contributed by atoms with Gasteiger partial charge in [-0.05, 0) is 31.1 Å². The normalized spacial score (nSPS) is 33.8. The number of hydrogen-bond acceptors (Lipinski definition) is 4. The first-order chi connectivity index (χ1) is 7.31. The number of nitrogens with zero attached hydrogens (tertiary/aromatic N) is 2. The molecule has 15 heavy (non-hydrogen) atoms. The molecule has 1 aromatic rings. The Morgan fingerprint density at radius 3 is 2.87 bits per heavy atom. The molecule has 1 N–H and O–H groups in total. The van der Waals surface area contributed by atoms with Gasteiger partial charge in [-0.3, -0.25) is 0 Å². The van der Waals surface area contributed by atoms with Gasteiger partial charge in [0.05, 0.1) is 6.54 Å². The van der Waals surface area contributed by atoms with Crippen molar-refractivity contribution >= 4 is 0 Å². The van der Waals surface area contributed by atoms with E-state index >= 15 is 0 Å². The summed E-state index contributed by atoms with van der Waals surface area (Å²) in [6, 6.07) is 0.691. The zero-order chi connectivity index (χ0) is 10.3. The van der Waals surface area contributed by atoms with Gasteiger partial charge < -0.3 is 9.73 Å². The van der Waals surface area contributed by atoms with Crippen molar-refractivity contribution in [1.29, 1.82) is 0 Å². The van der Waals surface area contributed by atoms with Crippen LogP contribution >= 0.6 is 0 Å². The van der Waals surface area contributed by atoms with Gasteiger partial charge in [-0.25, -0.2) is 0 Å². The molecule has 2 aliphatic rings. The van der Waals surface area contributed by atoms with Crippen LogP contribution in [-0.2, 0) is 6.54 Å². The first-order valence-electron chi connectivity index (χ1n) is 5.83. The van der Waals surface area contributed by atoms with Crippen molar-refractivity contribution in [2.75, 3.05) is 0 Å². The zero-order valence-corrected chi connectivity index (χ0v) is 9.07. The van der Waals surface area contributed by atoms with E-state index in [1.165, 1.54) is 25.7 Å². The van der Waals surface area contributed by atoms with Crippen LogP contribution in [0.4, 0.5) is 0 Å². The monoisotopic (exact) mass is 207 g/mol. The quantitative estimate of drug-likeness (QED) is 0.819. The van der Waals surface area contributed by atoms with E-state index in [1.54, 1.807) is 0 Å². The molecule has 4 heteroatoms. The molecule has 0 spiro atoms. The maximum absolute atomic E-state index is 5.34. The Labute approximate surface area is 89.5 Å². The average molecular weight is 207 g/mol. The first kappa shape index (κ1) is 9.33. The third-order valence-electron chi connectivity index (χ3n) is 3.82. The smallest absolute Gasteiger partial charge is 0.230 e. The van der Waals surface area contributed by atoms with Crippen molar-refractivity contribution < 1.29 is 4.42 Å². The maximum Gasteiger partial charge on any atom is 0.230 e. The van der Waals surface area contributed by atoms with Gasteiger partial charge in [0.25, 0.3) is 0 Å². The van der Waals surface area contributed by atoms with E-state index in [0.29, 0.717) is 11.9 Å². The van der Waals surface area contributed by atoms with Crippen LogP contribution in [0.5, 0.6) is 0 Å². The van der Waals surface area contributed by atoms with Crippen LogP contribution in [0.3, 0.4) is 0 Å². The van der Waals surface area contributed by atoms with E-state index in [2.05, 4.69) is 15.5 Å². The minimum atomic E-state index is 0.653. The van der Waals surface area contributed by atoms with E-state index in [1.807, 2.05) is 6.92 Å². The summed E-state index contributed by atoms with van der Waals surface area (Å²) < 4.78 is 5.34. The SMILES string of the molecule is Cc1nnc(CNC2CC3CCC2C3)o1. The van der Waals surface area contributed by atoms with Crippen molar-refractivity contribution in [3.05, 3.63) is 11.8 Å². The molecule has 3 atom stereocenters. The van der Waals surface area contributed by atoms with Crippen molar-refractivity contribution in [3.8, 4) is 0 Å². The molecule has 0 aromatic carbocycles. The Hall–Kier alpha value is -0.900. The van der Waals surface area contributed by atoms with E-state index in [9.17, 15) is 0 Å². The molecule has 3 unspecified atom stereocenters. The largest absolute Gasteiger partial charge is 0.424 e.